The van der Waals surface area contributed by atoms with Crippen LogP contribution in [0.3, 0.4) is 0 Å². The fourth-order valence-electron chi connectivity index (χ4n) is 2.70. The molecule has 0 bridgehead atoms. The van der Waals surface area contributed by atoms with E-state index in [2.05, 4.69) is 18.2 Å². The van der Waals surface area contributed by atoms with Crippen molar-refractivity contribution in [3.8, 4) is 5.75 Å². The summed E-state index contributed by atoms with van der Waals surface area (Å²) in [5.74, 6) is 0.891. The number of rotatable bonds is 3. The third-order valence-corrected chi connectivity index (χ3v) is 3.73. The molecule has 2 nitrogen and oxygen atoms in total. The highest BCUT2D eigenvalue weighted by atomic mass is 16.5. The number of aliphatic hydroxyl groups excluding tert-OH is 1. The topological polar surface area (TPSA) is 29.5 Å². The van der Waals surface area contributed by atoms with Gasteiger partial charge in [0.05, 0.1) is 7.11 Å². The SMILES string of the molecule is COc1c(C)cc(C(O)c2cc(C)ccc2C)cc1C. The normalized spacial score (nSPS) is 12.3. The van der Waals surface area contributed by atoms with E-state index in [1.807, 2.05) is 39.8 Å². The van der Waals surface area contributed by atoms with Crippen molar-refractivity contribution in [2.75, 3.05) is 7.11 Å². The predicted molar refractivity (Wildman–Crippen MR) is 82.4 cm³/mol. The molecule has 0 radical (unpaired) electrons. The number of aryl methyl sites for hydroxylation is 4. The van der Waals surface area contributed by atoms with Gasteiger partial charge in [-0.3, -0.25) is 0 Å². The lowest BCUT2D eigenvalue weighted by Gasteiger charge is -2.18. The van der Waals surface area contributed by atoms with Gasteiger partial charge in [-0.1, -0.05) is 23.8 Å². The first-order chi connectivity index (χ1) is 9.43. The molecule has 0 amide bonds. The quantitative estimate of drug-likeness (QED) is 0.913. The summed E-state index contributed by atoms with van der Waals surface area (Å²) in [6.45, 7) is 8.08. The van der Waals surface area contributed by atoms with Crippen molar-refractivity contribution < 1.29 is 9.84 Å². The Kier molecular flexibility index (Phi) is 4.15. The molecule has 20 heavy (non-hydrogen) atoms. The minimum Gasteiger partial charge on any atom is -0.496 e. The predicted octanol–water partition coefficient (Wildman–Crippen LogP) is 4.01. The van der Waals surface area contributed by atoms with Gasteiger partial charge in [-0.05, 0) is 67.6 Å². The molecule has 0 aliphatic rings. The number of hydrogen-bond donors (Lipinski definition) is 1. The minimum absolute atomic E-state index is 0.599. The van der Waals surface area contributed by atoms with Crippen LogP contribution in [0, 0.1) is 27.7 Å². The standard InChI is InChI=1S/C18H22O2/c1-11-6-7-12(2)16(8-11)17(19)15-9-13(3)18(20-5)14(4)10-15/h6-10,17,19H,1-5H3. The van der Waals surface area contributed by atoms with E-state index in [1.165, 1.54) is 0 Å². The molecule has 1 N–H and O–H groups in total. The fraction of sp³-hybridized carbons (Fsp3) is 0.333. The molecular formula is C18H22O2. The first-order valence-electron chi connectivity index (χ1n) is 6.84. The van der Waals surface area contributed by atoms with Crippen LogP contribution in [0.15, 0.2) is 30.3 Å². The third kappa shape index (κ3) is 2.70. The zero-order valence-corrected chi connectivity index (χ0v) is 12.8. The molecule has 2 aromatic carbocycles. The number of benzene rings is 2. The zero-order valence-electron chi connectivity index (χ0n) is 12.8. The van der Waals surface area contributed by atoms with Gasteiger partial charge in [-0.2, -0.15) is 0 Å². The molecule has 2 aromatic rings. The Balaban J connectivity index is 2.48. The Morgan fingerprint density at radius 2 is 1.50 bits per heavy atom. The largest absolute Gasteiger partial charge is 0.496 e. The van der Waals surface area contributed by atoms with Crippen molar-refractivity contribution >= 4 is 0 Å². The van der Waals surface area contributed by atoms with E-state index in [9.17, 15) is 5.11 Å². The average molecular weight is 270 g/mol. The average Bonchev–Trinajstić information content (AvgIpc) is 2.40. The lowest BCUT2D eigenvalue weighted by Crippen LogP contribution is -2.04. The van der Waals surface area contributed by atoms with Crippen molar-refractivity contribution in [3.63, 3.8) is 0 Å². The summed E-state index contributed by atoms with van der Waals surface area (Å²) < 4.78 is 5.38. The third-order valence-electron chi connectivity index (χ3n) is 3.73. The van der Waals surface area contributed by atoms with E-state index < -0.39 is 6.10 Å². The highest BCUT2D eigenvalue weighted by molar-refractivity contribution is 5.46. The summed E-state index contributed by atoms with van der Waals surface area (Å²) in [7, 11) is 1.68. The molecule has 0 spiro atoms. The molecule has 0 saturated carbocycles. The van der Waals surface area contributed by atoms with Crippen LogP contribution >= 0.6 is 0 Å². The summed E-state index contributed by atoms with van der Waals surface area (Å²) in [6, 6.07) is 10.2. The van der Waals surface area contributed by atoms with Gasteiger partial charge < -0.3 is 9.84 Å². The van der Waals surface area contributed by atoms with Crippen LogP contribution in [0.2, 0.25) is 0 Å². The molecule has 2 rings (SSSR count). The Morgan fingerprint density at radius 3 is 2.05 bits per heavy atom. The number of methoxy groups -OCH3 is 1. The molecule has 0 heterocycles. The Morgan fingerprint density at radius 1 is 0.900 bits per heavy atom. The van der Waals surface area contributed by atoms with Crippen LogP contribution < -0.4 is 4.74 Å². The molecule has 106 valence electrons. The maximum Gasteiger partial charge on any atom is 0.124 e. The Labute approximate surface area is 121 Å². The monoisotopic (exact) mass is 270 g/mol. The van der Waals surface area contributed by atoms with Gasteiger partial charge in [0.1, 0.15) is 11.9 Å². The van der Waals surface area contributed by atoms with Gasteiger partial charge >= 0.3 is 0 Å². The second-order valence-electron chi connectivity index (χ2n) is 5.45. The van der Waals surface area contributed by atoms with E-state index in [0.717, 1.165) is 39.1 Å². The summed E-state index contributed by atoms with van der Waals surface area (Å²) in [6.07, 6.45) is -0.599. The minimum atomic E-state index is -0.599. The van der Waals surface area contributed by atoms with E-state index in [1.54, 1.807) is 7.11 Å². The molecule has 2 heteroatoms. The lowest BCUT2D eigenvalue weighted by molar-refractivity contribution is 0.219. The highest BCUT2D eigenvalue weighted by Gasteiger charge is 2.16. The molecule has 0 aliphatic carbocycles. The Hall–Kier alpha value is -1.80. The molecule has 0 aromatic heterocycles. The van der Waals surface area contributed by atoms with Crippen LogP contribution in [0.5, 0.6) is 5.75 Å². The summed E-state index contributed by atoms with van der Waals surface area (Å²) in [5, 5.41) is 10.7. The number of aliphatic hydroxyl groups is 1. The highest BCUT2D eigenvalue weighted by Crippen LogP contribution is 2.31. The summed E-state index contributed by atoms with van der Waals surface area (Å²) in [4.78, 5) is 0. The van der Waals surface area contributed by atoms with Crippen LogP contribution in [0.25, 0.3) is 0 Å². The maximum atomic E-state index is 10.7. The molecule has 1 atom stereocenters. The fourth-order valence-corrected chi connectivity index (χ4v) is 2.70. The molecule has 0 aliphatic heterocycles. The molecule has 0 saturated heterocycles. The van der Waals surface area contributed by atoms with E-state index in [4.69, 9.17) is 4.74 Å². The molecule has 1 unspecified atom stereocenters. The first-order valence-corrected chi connectivity index (χ1v) is 6.84. The van der Waals surface area contributed by atoms with E-state index >= 15 is 0 Å². The maximum absolute atomic E-state index is 10.7. The smallest absolute Gasteiger partial charge is 0.124 e. The van der Waals surface area contributed by atoms with Crippen LogP contribution in [-0.4, -0.2) is 12.2 Å². The van der Waals surface area contributed by atoms with Gasteiger partial charge in [0.25, 0.3) is 0 Å². The number of ether oxygens (including phenoxy) is 1. The molecule has 0 fully saturated rings. The van der Waals surface area contributed by atoms with Gasteiger partial charge in [0.2, 0.25) is 0 Å². The van der Waals surface area contributed by atoms with Crippen molar-refractivity contribution in [1.82, 2.24) is 0 Å². The van der Waals surface area contributed by atoms with Gasteiger partial charge in [0.15, 0.2) is 0 Å². The van der Waals surface area contributed by atoms with Gasteiger partial charge in [0, 0.05) is 0 Å². The van der Waals surface area contributed by atoms with Crippen molar-refractivity contribution in [3.05, 3.63) is 63.7 Å². The summed E-state index contributed by atoms with van der Waals surface area (Å²) in [5.41, 5.74) is 6.24. The zero-order chi connectivity index (χ0) is 14.9. The lowest BCUT2D eigenvalue weighted by atomic mass is 9.93. The van der Waals surface area contributed by atoms with Crippen LogP contribution in [-0.2, 0) is 0 Å². The summed E-state index contributed by atoms with van der Waals surface area (Å²) >= 11 is 0. The Bertz CT molecular complexity index is 606. The van der Waals surface area contributed by atoms with E-state index in [-0.39, 0.29) is 0 Å². The van der Waals surface area contributed by atoms with Crippen LogP contribution in [0.4, 0.5) is 0 Å². The van der Waals surface area contributed by atoms with Crippen LogP contribution in [0.1, 0.15) is 39.5 Å². The van der Waals surface area contributed by atoms with Crippen molar-refractivity contribution in [1.29, 1.82) is 0 Å². The van der Waals surface area contributed by atoms with Gasteiger partial charge in [-0.15, -0.1) is 0 Å². The van der Waals surface area contributed by atoms with Gasteiger partial charge in [-0.25, -0.2) is 0 Å². The first kappa shape index (κ1) is 14.6. The number of hydrogen-bond acceptors (Lipinski definition) is 2. The second kappa shape index (κ2) is 5.68. The van der Waals surface area contributed by atoms with Crippen molar-refractivity contribution in [2.45, 2.75) is 33.8 Å². The van der Waals surface area contributed by atoms with E-state index in [0.29, 0.717) is 0 Å². The van der Waals surface area contributed by atoms with Crippen molar-refractivity contribution in [2.24, 2.45) is 0 Å². The second-order valence-corrected chi connectivity index (χ2v) is 5.45. The molecular weight excluding hydrogens is 248 g/mol.